The molecule has 0 heterocycles. The predicted molar refractivity (Wildman–Crippen MR) is 62.5 cm³/mol. The molecule has 4 N–H and O–H groups in total. The second-order valence-corrected chi connectivity index (χ2v) is 3.96. The SMILES string of the molecule is Cc1ccc(F)c(NC(=NC2CC2)NN)c1. The average Bonchev–Trinajstić information content (AvgIpc) is 3.06. The van der Waals surface area contributed by atoms with Crippen LogP contribution in [-0.2, 0) is 0 Å². The molecule has 0 saturated heterocycles. The van der Waals surface area contributed by atoms with E-state index in [2.05, 4.69) is 15.7 Å². The molecule has 1 aliphatic carbocycles. The van der Waals surface area contributed by atoms with Crippen LogP contribution in [0.5, 0.6) is 0 Å². The number of guanidine groups is 1. The van der Waals surface area contributed by atoms with E-state index in [0.29, 0.717) is 17.7 Å². The Bertz CT molecular complexity index is 412. The number of anilines is 1. The number of nitrogens with two attached hydrogens (primary N) is 1. The van der Waals surface area contributed by atoms with Gasteiger partial charge in [-0.3, -0.25) is 5.43 Å². The highest BCUT2D eigenvalue weighted by atomic mass is 19.1. The molecular formula is C11H15FN4. The molecule has 4 nitrogen and oxygen atoms in total. The predicted octanol–water partition coefficient (Wildman–Crippen LogP) is 1.53. The van der Waals surface area contributed by atoms with Crippen LogP contribution in [0, 0.1) is 12.7 Å². The molecule has 1 aromatic rings. The van der Waals surface area contributed by atoms with Crippen LogP contribution < -0.4 is 16.6 Å². The van der Waals surface area contributed by atoms with Crippen molar-refractivity contribution in [2.24, 2.45) is 10.8 Å². The standard InChI is InChI=1S/C11H15FN4/c1-7-2-5-9(12)10(6-7)15-11(16-13)14-8-3-4-8/h2,5-6,8H,3-4,13H2,1H3,(H2,14,15,16). The quantitative estimate of drug-likeness (QED) is 0.308. The van der Waals surface area contributed by atoms with Gasteiger partial charge in [0.25, 0.3) is 0 Å². The van der Waals surface area contributed by atoms with Gasteiger partial charge in [0, 0.05) is 0 Å². The Hall–Kier alpha value is -1.62. The number of hydrazine groups is 1. The summed E-state index contributed by atoms with van der Waals surface area (Å²) >= 11 is 0. The number of rotatable bonds is 2. The molecule has 0 spiro atoms. The van der Waals surface area contributed by atoms with E-state index in [1.54, 1.807) is 12.1 Å². The zero-order valence-electron chi connectivity index (χ0n) is 9.13. The Morgan fingerprint density at radius 3 is 2.88 bits per heavy atom. The Kier molecular flexibility index (Phi) is 3.05. The third kappa shape index (κ3) is 2.70. The van der Waals surface area contributed by atoms with E-state index >= 15 is 0 Å². The van der Waals surface area contributed by atoms with E-state index in [1.807, 2.05) is 6.92 Å². The third-order valence-electron chi connectivity index (χ3n) is 2.37. The zero-order chi connectivity index (χ0) is 11.5. The fourth-order valence-corrected chi connectivity index (χ4v) is 1.35. The molecule has 0 radical (unpaired) electrons. The monoisotopic (exact) mass is 222 g/mol. The van der Waals surface area contributed by atoms with E-state index in [1.165, 1.54) is 6.07 Å². The highest BCUT2D eigenvalue weighted by molar-refractivity contribution is 5.93. The fraction of sp³-hybridized carbons (Fsp3) is 0.364. The highest BCUT2D eigenvalue weighted by Gasteiger charge is 2.21. The normalized spacial score (nSPS) is 16.1. The lowest BCUT2D eigenvalue weighted by Crippen LogP contribution is -2.36. The third-order valence-corrected chi connectivity index (χ3v) is 2.37. The number of aryl methyl sites for hydroxylation is 1. The Labute approximate surface area is 93.7 Å². The summed E-state index contributed by atoms with van der Waals surface area (Å²) in [6.07, 6.45) is 2.15. The Morgan fingerprint density at radius 1 is 1.50 bits per heavy atom. The van der Waals surface area contributed by atoms with Crippen molar-refractivity contribution in [2.45, 2.75) is 25.8 Å². The molecular weight excluding hydrogens is 207 g/mol. The van der Waals surface area contributed by atoms with Crippen LogP contribution in [0.25, 0.3) is 0 Å². The van der Waals surface area contributed by atoms with Gasteiger partial charge in [-0.15, -0.1) is 0 Å². The first-order chi connectivity index (χ1) is 7.69. The first kappa shape index (κ1) is 10.9. The van der Waals surface area contributed by atoms with E-state index in [4.69, 9.17) is 5.84 Å². The molecule has 0 unspecified atom stereocenters. The Balaban J connectivity index is 2.14. The van der Waals surface area contributed by atoms with E-state index in [9.17, 15) is 4.39 Å². The van der Waals surface area contributed by atoms with Crippen molar-refractivity contribution >= 4 is 11.6 Å². The first-order valence-corrected chi connectivity index (χ1v) is 5.26. The summed E-state index contributed by atoms with van der Waals surface area (Å²) in [5.41, 5.74) is 3.81. The van der Waals surface area contributed by atoms with Crippen molar-refractivity contribution in [3.05, 3.63) is 29.6 Å². The van der Waals surface area contributed by atoms with Crippen molar-refractivity contribution in [1.29, 1.82) is 0 Å². The highest BCUT2D eigenvalue weighted by Crippen LogP contribution is 2.23. The second-order valence-electron chi connectivity index (χ2n) is 3.96. The molecule has 1 fully saturated rings. The summed E-state index contributed by atoms with van der Waals surface area (Å²) in [5, 5.41) is 2.85. The maximum absolute atomic E-state index is 13.4. The van der Waals surface area contributed by atoms with Crippen molar-refractivity contribution in [2.75, 3.05) is 5.32 Å². The van der Waals surface area contributed by atoms with E-state index < -0.39 is 0 Å². The molecule has 0 amide bonds. The maximum atomic E-state index is 13.4. The fourth-order valence-electron chi connectivity index (χ4n) is 1.35. The molecule has 1 aliphatic rings. The average molecular weight is 222 g/mol. The van der Waals surface area contributed by atoms with Gasteiger partial charge in [-0.2, -0.15) is 0 Å². The molecule has 86 valence electrons. The number of halogens is 1. The van der Waals surface area contributed by atoms with Crippen LogP contribution in [0.4, 0.5) is 10.1 Å². The minimum atomic E-state index is -0.315. The molecule has 0 aromatic heterocycles. The largest absolute Gasteiger partial charge is 0.323 e. The number of nitrogens with zero attached hydrogens (tertiary/aromatic N) is 1. The molecule has 5 heteroatoms. The molecule has 1 saturated carbocycles. The van der Waals surface area contributed by atoms with Gasteiger partial charge in [-0.25, -0.2) is 15.2 Å². The lowest BCUT2D eigenvalue weighted by atomic mass is 10.2. The van der Waals surface area contributed by atoms with E-state index in [-0.39, 0.29) is 5.82 Å². The van der Waals surface area contributed by atoms with Gasteiger partial charge < -0.3 is 5.32 Å². The molecule has 1 aromatic carbocycles. The lowest BCUT2D eigenvalue weighted by Gasteiger charge is -2.10. The van der Waals surface area contributed by atoms with Gasteiger partial charge in [0.2, 0.25) is 5.96 Å². The van der Waals surface area contributed by atoms with Crippen molar-refractivity contribution in [1.82, 2.24) is 5.43 Å². The summed E-state index contributed by atoms with van der Waals surface area (Å²) in [6, 6.07) is 5.18. The van der Waals surface area contributed by atoms with Gasteiger partial charge in [0.05, 0.1) is 11.7 Å². The Morgan fingerprint density at radius 2 is 2.25 bits per heavy atom. The van der Waals surface area contributed by atoms with Crippen LogP contribution in [0.3, 0.4) is 0 Å². The molecule has 16 heavy (non-hydrogen) atoms. The number of nitrogens with one attached hydrogen (secondary N) is 2. The zero-order valence-corrected chi connectivity index (χ0v) is 9.13. The van der Waals surface area contributed by atoms with Gasteiger partial charge in [0.15, 0.2) is 0 Å². The van der Waals surface area contributed by atoms with Gasteiger partial charge in [0.1, 0.15) is 5.82 Å². The van der Waals surface area contributed by atoms with Crippen molar-refractivity contribution in [3.8, 4) is 0 Å². The van der Waals surface area contributed by atoms with Gasteiger partial charge in [-0.1, -0.05) is 6.07 Å². The van der Waals surface area contributed by atoms with Crippen LogP contribution in [-0.4, -0.2) is 12.0 Å². The van der Waals surface area contributed by atoms with Gasteiger partial charge in [-0.05, 0) is 37.5 Å². The lowest BCUT2D eigenvalue weighted by molar-refractivity contribution is 0.631. The van der Waals surface area contributed by atoms with Crippen LogP contribution in [0.1, 0.15) is 18.4 Å². The molecule has 0 aliphatic heterocycles. The molecule has 2 rings (SSSR count). The van der Waals surface area contributed by atoms with Crippen LogP contribution in [0.15, 0.2) is 23.2 Å². The molecule has 0 atom stereocenters. The minimum Gasteiger partial charge on any atom is -0.323 e. The summed E-state index contributed by atoms with van der Waals surface area (Å²) in [6.45, 7) is 1.90. The number of hydrogen-bond donors (Lipinski definition) is 3. The van der Waals surface area contributed by atoms with Crippen LogP contribution >= 0.6 is 0 Å². The van der Waals surface area contributed by atoms with Crippen LogP contribution in [0.2, 0.25) is 0 Å². The van der Waals surface area contributed by atoms with Crippen molar-refractivity contribution in [3.63, 3.8) is 0 Å². The topological polar surface area (TPSA) is 62.4 Å². The first-order valence-electron chi connectivity index (χ1n) is 5.26. The van der Waals surface area contributed by atoms with E-state index in [0.717, 1.165) is 18.4 Å². The van der Waals surface area contributed by atoms with Gasteiger partial charge >= 0.3 is 0 Å². The summed E-state index contributed by atoms with van der Waals surface area (Å²) in [4.78, 5) is 4.28. The summed E-state index contributed by atoms with van der Waals surface area (Å²) in [7, 11) is 0. The summed E-state index contributed by atoms with van der Waals surface area (Å²) in [5.74, 6) is 5.41. The maximum Gasteiger partial charge on any atom is 0.210 e. The number of benzene rings is 1. The van der Waals surface area contributed by atoms with Crippen molar-refractivity contribution < 1.29 is 4.39 Å². The molecule has 0 bridgehead atoms. The minimum absolute atomic E-state index is 0.315. The number of aliphatic imine (C=N–C) groups is 1. The summed E-state index contributed by atoms with van der Waals surface area (Å²) < 4.78 is 13.4. The number of hydrogen-bond acceptors (Lipinski definition) is 2. The smallest absolute Gasteiger partial charge is 0.210 e. The second kappa shape index (κ2) is 4.49.